The molecule has 102 valence electrons. The molecule has 2 aliphatic heterocycles. The second kappa shape index (κ2) is 4.85. The maximum atomic E-state index is 12.1. The van der Waals surface area contributed by atoms with Crippen LogP contribution in [0.25, 0.3) is 0 Å². The predicted octanol–water partition coefficient (Wildman–Crippen LogP) is 1.24. The molecule has 1 aromatic carbocycles. The van der Waals surface area contributed by atoms with E-state index in [9.17, 15) is 4.79 Å². The zero-order valence-corrected chi connectivity index (χ0v) is 11.0. The van der Waals surface area contributed by atoms with E-state index >= 15 is 0 Å². The highest BCUT2D eigenvalue weighted by molar-refractivity contribution is 5.85. The average molecular weight is 260 g/mol. The quantitative estimate of drug-likeness (QED) is 0.840. The highest BCUT2D eigenvalue weighted by Crippen LogP contribution is 2.39. The van der Waals surface area contributed by atoms with E-state index < -0.39 is 5.60 Å². The summed E-state index contributed by atoms with van der Waals surface area (Å²) in [6.45, 7) is 1.83. The topological polar surface area (TPSA) is 64.4 Å². The Morgan fingerprint density at radius 2 is 2.26 bits per heavy atom. The molecule has 3 rings (SSSR count). The number of rotatable bonds is 2. The molecule has 4 heteroatoms. The summed E-state index contributed by atoms with van der Waals surface area (Å²) < 4.78 is 6.11. The van der Waals surface area contributed by atoms with Gasteiger partial charge in [0.05, 0.1) is 0 Å². The lowest BCUT2D eigenvalue weighted by Crippen LogP contribution is -2.59. The third-order valence-corrected chi connectivity index (χ3v) is 4.40. The van der Waals surface area contributed by atoms with Crippen molar-refractivity contribution in [1.82, 2.24) is 5.32 Å². The van der Waals surface area contributed by atoms with Gasteiger partial charge in [-0.3, -0.25) is 4.79 Å². The van der Waals surface area contributed by atoms with Gasteiger partial charge in [0.25, 0.3) is 5.91 Å². The molecular formula is C15H20N2O2. The minimum absolute atomic E-state index is 0.173. The Bertz CT molecular complexity index is 483. The monoisotopic (exact) mass is 260 g/mol. The molecule has 1 saturated heterocycles. The highest BCUT2D eigenvalue weighted by Gasteiger charge is 2.48. The Balaban J connectivity index is 1.93. The van der Waals surface area contributed by atoms with Crippen molar-refractivity contribution in [1.29, 1.82) is 0 Å². The van der Waals surface area contributed by atoms with Crippen LogP contribution in [0.5, 0.6) is 5.75 Å². The molecule has 1 unspecified atom stereocenters. The van der Waals surface area contributed by atoms with Gasteiger partial charge in [-0.2, -0.15) is 0 Å². The van der Waals surface area contributed by atoms with Crippen LogP contribution in [0.1, 0.15) is 24.8 Å². The van der Waals surface area contributed by atoms with Crippen molar-refractivity contribution in [3.05, 3.63) is 29.8 Å². The van der Waals surface area contributed by atoms with Crippen molar-refractivity contribution >= 4 is 5.91 Å². The number of para-hydroxylation sites is 1. The number of ether oxygens (including phenoxy) is 1. The predicted molar refractivity (Wildman–Crippen MR) is 72.9 cm³/mol. The van der Waals surface area contributed by atoms with E-state index in [1.54, 1.807) is 0 Å². The van der Waals surface area contributed by atoms with Crippen LogP contribution < -0.4 is 15.8 Å². The molecule has 1 aromatic rings. The number of carbonyl (C=O) groups excluding carboxylic acids is 1. The Morgan fingerprint density at radius 3 is 3.00 bits per heavy atom. The number of aryl methyl sites for hydroxylation is 1. The third kappa shape index (κ3) is 2.10. The number of carbonyl (C=O) groups is 1. The first-order chi connectivity index (χ1) is 9.22. The maximum Gasteiger partial charge on any atom is 0.261 e. The molecule has 3 N–H and O–H groups in total. The lowest BCUT2D eigenvalue weighted by atomic mass is 9.76. The molecule has 1 fully saturated rings. The molecule has 0 aliphatic carbocycles. The molecule has 1 amide bonds. The second-order valence-corrected chi connectivity index (χ2v) is 5.51. The van der Waals surface area contributed by atoms with Crippen LogP contribution in [-0.4, -0.2) is 24.6 Å². The van der Waals surface area contributed by atoms with Crippen LogP contribution in [0, 0.1) is 5.92 Å². The molecule has 0 radical (unpaired) electrons. The number of nitrogens with one attached hydrogen (secondary N) is 1. The van der Waals surface area contributed by atoms with E-state index in [1.807, 2.05) is 18.2 Å². The first-order valence-corrected chi connectivity index (χ1v) is 7.00. The molecule has 0 bridgehead atoms. The fourth-order valence-electron chi connectivity index (χ4n) is 3.29. The molecule has 0 saturated carbocycles. The Labute approximate surface area is 113 Å². The smallest absolute Gasteiger partial charge is 0.261 e. The zero-order valence-electron chi connectivity index (χ0n) is 11.0. The van der Waals surface area contributed by atoms with E-state index in [0.717, 1.165) is 38.1 Å². The van der Waals surface area contributed by atoms with Gasteiger partial charge in [-0.05, 0) is 37.4 Å². The van der Waals surface area contributed by atoms with E-state index in [0.29, 0.717) is 6.42 Å². The molecule has 4 nitrogen and oxygen atoms in total. The van der Waals surface area contributed by atoms with Crippen LogP contribution in [0.3, 0.4) is 0 Å². The minimum Gasteiger partial charge on any atom is -0.477 e. The van der Waals surface area contributed by atoms with E-state index in [2.05, 4.69) is 11.4 Å². The summed E-state index contributed by atoms with van der Waals surface area (Å²) in [6, 6.07) is 7.93. The summed E-state index contributed by atoms with van der Waals surface area (Å²) in [5.41, 5.74) is 6.04. The summed E-state index contributed by atoms with van der Waals surface area (Å²) in [5, 5.41) is 3.35. The van der Waals surface area contributed by atoms with Crippen LogP contribution in [-0.2, 0) is 11.2 Å². The number of amides is 1. The lowest BCUT2D eigenvalue weighted by Gasteiger charge is -2.43. The van der Waals surface area contributed by atoms with Gasteiger partial charge in [0.2, 0.25) is 0 Å². The summed E-state index contributed by atoms with van der Waals surface area (Å²) in [6.07, 6.45) is 3.62. The molecular weight excluding hydrogens is 240 g/mol. The fourth-order valence-corrected chi connectivity index (χ4v) is 3.29. The lowest BCUT2D eigenvalue weighted by molar-refractivity contribution is -0.141. The van der Waals surface area contributed by atoms with E-state index in [-0.39, 0.29) is 11.8 Å². The highest BCUT2D eigenvalue weighted by atomic mass is 16.5. The number of hydrogen-bond donors (Lipinski definition) is 2. The van der Waals surface area contributed by atoms with Crippen molar-refractivity contribution in [3.8, 4) is 5.75 Å². The molecule has 0 spiro atoms. The van der Waals surface area contributed by atoms with Crippen LogP contribution >= 0.6 is 0 Å². The number of nitrogens with two attached hydrogens (primary N) is 1. The van der Waals surface area contributed by atoms with Gasteiger partial charge < -0.3 is 15.8 Å². The molecule has 2 aliphatic rings. The Hall–Kier alpha value is -1.55. The molecule has 2 atom stereocenters. The Morgan fingerprint density at radius 1 is 1.42 bits per heavy atom. The largest absolute Gasteiger partial charge is 0.477 e. The van der Waals surface area contributed by atoms with Gasteiger partial charge in [-0.15, -0.1) is 0 Å². The number of hydrogen-bond acceptors (Lipinski definition) is 3. The second-order valence-electron chi connectivity index (χ2n) is 5.51. The summed E-state index contributed by atoms with van der Waals surface area (Å²) in [4.78, 5) is 12.1. The van der Waals surface area contributed by atoms with Crippen molar-refractivity contribution < 1.29 is 9.53 Å². The van der Waals surface area contributed by atoms with Crippen LogP contribution in [0.4, 0.5) is 0 Å². The molecule has 19 heavy (non-hydrogen) atoms. The first-order valence-electron chi connectivity index (χ1n) is 7.00. The minimum atomic E-state index is -0.832. The SMILES string of the molecule is NC(=O)C1([C@@H]2CCCNC2)CCc2ccccc2O1. The fraction of sp³-hybridized carbons (Fsp3) is 0.533. The van der Waals surface area contributed by atoms with E-state index in [1.165, 1.54) is 5.56 Å². The standard InChI is InChI=1S/C15H20N2O2/c16-14(18)15(12-5-3-9-17-10-12)8-7-11-4-1-2-6-13(11)19-15/h1-2,4,6,12,17H,3,5,7-10H2,(H2,16,18)/t12-,15?/m1/s1. The van der Waals surface area contributed by atoms with Gasteiger partial charge in [-0.25, -0.2) is 0 Å². The molecule has 0 aromatic heterocycles. The Kier molecular flexibility index (Phi) is 3.19. The van der Waals surface area contributed by atoms with Crippen molar-refractivity contribution in [2.24, 2.45) is 11.7 Å². The molecule has 2 heterocycles. The first kappa shape index (κ1) is 12.5. The van der Waals surface area contributed by atoms with Gasteiger partial charge in [0.1, 0.15) is 5.75 Å². The van der Waals surface area contributed by atoms with Crippen molar-refractivity contribution in [2.45, 2.75) is 31.3 Å². The van der Waals surface area contributed by atoms with Crippen molar-refractivity contribution in [2.75, 3.05) is 13.1 Å². The average Bonchev–Trinajstić information content (AvgIpc) is 2.47. The summed E-state index contributed by atoms with van der Waals surface area (Å²) >= 11 is 0. The number of fused-ring (bicyclic) bond motifs is 1. The van der Waals surface area contributed by atoms with E-state index in [4.69, 9.17) is 10.5 Å². The summed E-state index contributed by atoms with van der Waals surface area (Å²) in [5.74, 6) is 0.668. The van der Waals surface area contributed by atoms with Gasteiger partial charge in [0.15, 0.2) is 5.60 Å². The number of benzene rings is 1. The third-order valence-electron chi connectivity index (χ3n) is 4.40. The van der Waals surface area contributed by atoms with Gasteiger partial charge in [0, 0.05) is 18.9 Å². The van der Waals surface area contributed by atoms with Gasteiger partial charge >= 0.3 is 0 Å². The van der Waals surface area contributed by atoms with Crippen LogP contribution in [0.15, 0.2) is 24.3 Å². The normalized spacial score (nSPS) is 30.2. The van der Waals surface area contributed by atoms with Gasteiger partial charge in [-0.1, -0.05) is 18.2 Å². The summed E-state index contributed by atoms with van der Waals surface area (Å²) in [7, 11) is 0. The van der Waals surface area contributed by atoms with Crippen LogP contribution in [0.2, 0.25) is 0 Å². The number of primary amides is 1. The van der Waals surface area contributed by atoms with Crippen molar-refractivity contribution in [3.63, 3.8) is 0 Å². The zero-order chi connectivity index (χ0) is 13.3. The maximum absolute atomic E-state index is 12.1. The number of piperidine rings is 1.